The number of thioether (sulfide) groups is 1. The van der Waals surface area contributed by atoms with Crippen LogP contribution in [0.15, 0.2) is 29.6 Å². The Bertz CT molecular complexity index is 650. The van der Waals surface area contributed by atoms with E-state index in [0.29, 0.717) is 6.54 Å². The predicted molar refractivity (Wildman–Crippen MR) is 93.8 cm³/mol. The van der Waals surface area contributed by atoms with E-state index in [1.54, 1.807) is 11.3 Å². The number of carbonyl (C=O) groups is 1. The number of carbonyl (C=O) groups excluding carboxylic acids is 1. The van der Waals surface area contributed by atoms with Crippen LogP contribution in [0, 0.1) is 6.92 Å². The van der Waals surface area contributed by atoms with Gasteiger partial charge in [0, 0.05) is 41.2 Å². The molecule has 116 valence electrons. The number of rotatable bonds is 4. The highest BCUT2D eigenvalue weighted by Crippen LogP contribution is 2.17. The first-order valence-electron chi connectivity index (χ1n) is 7.34. The van der Waals surface area contributed by atoms with Gasteiger partial charge in [0.15, 0.2) is 0 Å². The van der Waals surface area contributed by atoms with E-state index < -0.39 is 0 Å². The highest BCUT2D eigenvalue weighted by atomic mass is 32.2. The van der Waals surface area contributed by atoms with Crippen LogP contribution in [0.3, 0.4) is 0 Å². The van der Waals surface area contributed by atoms with Crippen molar-refractivity contribution < 1.29 is 4.79 Å². The molecule has 3 rings (SSSR count). The highest BCUT2D eigenvalue weighted by molar-refractivity contribution is 7.99. The second kappa shape index (κ2) is 7.15. The molecule has 1 aromatic heterocycles. The van der Waals surface area contributed by atoms with Crippen molar-refractivity contribution >= 4 is 34.7 Å². The molecule has 0 radical (unpaired) electrons. The Kier molecular flexibility index (Phi) is 5.00. The summed E-state index contributed by atoms with van der Waals surface area (Å²) < 4.78 is 0. The summed E-state index contributed by atoms with van der Waals surface area (Å²) in [5.74, 6) is 2.20. The van der Waals surface area contributed by atoms with Gasteiger partial charge in [0.05, 0.1) is 17.2 Å². The van der Waals surface area contributed by atoms with E-state index in [-0.39, 0.29) is 5.91 Å². The lowest BCUT2D eigenvalue weighted by molar-refractivity contribution is 0.0772. The maximum absolute atomic E-state index is 12.5. The van der Waals surface area contributed by atoms with Crippen LogP contribution in [0.5, 0.6) is 0 Å². The van der Waals surface area contributed by atoms with Crippen molar-refractivity contribution in [2.75, 3.05) is 29.9 Å². The molecule has 1 fully saturated rings. The van der Waals surface area contributed by atoms with E-state index >= 15 is 0 Å². The van der Waals surface area contributed by atoms with Gasteiger partial charge in [-0.2, -0.15) is 11.8 Å². The Morgan fingerprint density at radius 3 is 2.91 bits per heavy atom. The fourth-order valence-corrected chi connectivity index (χ4v) is 3.91. The fraction of sp³-hybridized carbons (Fsp3) is 0.375. The van der Waals surface area contributed by atoms with Gasteiger partial charge in [0.2, 0.25) is 0 Å². The van der Waals surface area contributed by atoms with E-state index in [0.717, 1.165) is 46.5 Å². The Labute approximate surface area is 138 Å². The van der Waals surface area contributed by atoms with Gasteiger partial charge in [-0.15, -0.1) is 11.3 Å². The van der Waals surface area contributed by atoms with Crippen molar-refractivity contribution in [3.8, 4) is 0 Å². The average Bonchev–Trinajstić information content (AvgIpc) is 2.99. The Morgan fingerprint density at radius 1 is 1.36 bits per heavy atom. The van der Waals surface area contributed by atoms with Crippen LogP contribution in [0.2, 0.25) is 0 Å². The molecular weight excluding hydrogens is 314 g/mol. The van der Waals surface area contributed by atoms with Crippen molar-refractivity contribution in [1.29, 1.82) is 0 Å². The number of amides is 1. The van der Waals surface area contributed by atoms with Gasteiger partial charge in [-0.3, -0.25) is 4.79 Å². The van der Waals surface area contributed by atoms with E-state index in [1.807, 2.05) is 47.9 Å². The van der Waals surface area contributed by atoms with Crippen LogP contribution in [0.4, 0.5) is 5.69 Å². The monoisotopic (exact) mass is 333 g/mol. The summed E-state index contributed by atoms with van der Waals surface area (Å²) >= 11 is 3.56. The third kappa shape index (κ3) is 3.81. The molecule has 2 heterocycles. The van der Waals surface area contributed by atoms with Crippen LogP contribution in [0.25, 0.3) is 0 Å². The lowest BCUT2D eigenvalue weighted by Crippen LogP contribution is -2.37. The number of anilines is 1. The molecule has 1 N–H and O–H groups in total. The van der Waals surface area contributed by atoms with Gasteiger partial charge in [0.1, 0.15) is 0 Å². The third-order valence-electron chi connectivity index (χ3n) is 3.55. The van der Waals surface area contributed by atoms with Gasteiger partial charge in [-0.05, 0) is 25.1 Å². The molecule has 6 heteroatoms. The van der Waals surface area contributed by atoms with E-state index in [2.05, 4.69) is 15.7 Å². The lowest BCUT2D eigenvalue weighted by Gasteiger charge is -2.26. The molecule has 0 saturated carbocycles. The molecule has 1 aliphatic heterocycles. The summed E-state index contributed by atoms with van der Waals surface area (Å²) in [6.45, 7) is 4.38. The minimum absolute atomic E-state index is 0.133. The third-order valence-corrected chi connectivity index (χ3v) is 5.31. The number of aromatic nitrogens is 1. The SMILES string of the molecule is Cc1nc(CNc2cccc(C(=O)N3CCSCC3)c2)cs1. The predicted octanol–water partition coefficient (Wildman–Crippen LogP) is 3.25. The maximum atomic E-state index is 12.5. The van der Waals surface area contributed by atoms with Crippen LogP contribution >= 0.6 is 23.1 Å². The number of aryl methyl sites for hydroxylation is 1. The zero-order chi connectivity index (χ0) is 15.4. The maximum Gasteiger partial charge on any atom is 0.253 e. The Balaban J connectivity index is 1.65. The second-order valence-corrected chi connectivity index (χ2v) is 7.48. The quantitative estimate of drug-likeness (QED) is 0.933. The van der Waals surface area contributed by atoms with Gasteiger partial charge in [-0.1, -0.05) is 6.07 Å². The standard InChI is InChI=1S/C16H19N3OS2/c1-12-18-15(11-22-12)10-17-14-4-2-3-13(9-14)16(20)19-5-7-21-8-6-19/h2-4,9,11,17H,5-8,10H2,1H3. The summed E-state index contributed by atoms with van der Waals surface area (Å²) in [7, 11) is 0. The Morgan fingerprint density at radius 2 is 2.18 bits per heavy atom. The van der Waals surface area contributed by atoms with Crippen molar-refractivity contribution in [2.45, 2.75) is 13.5 Å². The largest absolute Gasteiger partial charge is 0.379 e. The molecular formula is C16H19N3OS2. The number of hydrogen-bond acceptors (Lipinski definition) is 5. The number of nitrogens with one attached hydrogen (secondary N) is 1. The summed E-state index contributed by atoms with van der Waals surface area (Å²) in [4.78, 5) is 18.9. The number of hydrogen-bond donors (Lipinski definition) is 1. The van der Waals surface area contributed by atoms with Gasteiger partial charge >= 0.3 is 0 Å². The molecule has 1 amide bonds. The summed E-state index contributed by atoms with van der Waals surface area (Å²) in [5, 5.41) is 6.47. The average molecular weight is 333 g/mol. The molecule has 0 aliphatic carbocycles. The first kappa shape index (κ1) is 15.4. The number of benzene rings is 1. The van der Waals surface area contributed by atoms with Crippen LogP contribution in [-0.2, 0) is 6.54 Å². The Hall–Kier alpha value is -1.53. The van der Waals surface area contributed by atoms with Crippen molar-refractivity contribution in [3.05, 3.63) is 45.9 Å². The van der Waals surface area contributed by atoms with Gasteiger partial charge < -0.3 is 10.2 Å². The molecule has 1 aromatic carbocycles. The van der Waals surface area contributed by atoms with Crippen LogP contribution in [-0.4, -0.2) is 40.4 Å². The topological polar surface area (TPSA) is 45.2 Å². The second-order valence-electron chi connectivity index (χ2n) is 5.20. The molecule has 22 heavy (non-hydrogen) atoms. The molecule has 4 nitrogen and oxygen atoms in total. The van der Waals surface area contributed by atoms with Gasteiger partial charge in [0.25, 0.3) is 5.91 Å². The van der Waals surface area contributed by atoms with Crippen molar-refractivity contribution in [1.82, 2.24) is 9.88 Å². The molecule has 1 saturated heterocycles. The van der Waals surface area contributed by atoms with E-state index in [4.69, 9.17) is 0 Å². The molecule has 0 atom stereocenters. The van der Waals surface area contributed by atoms with E-state index in [9.17, 15) is 4.79 Å². The first-order chi connectivity index (χ1) is 10.7. The highest BCUT2D eigenvalue weighted by Gasteiger charge is 2.18. The smallest absolute Gasteiger partial charge is 0.253 e. The lowest BCUT2D eigenvalue weighted by atomic mass is 10.1. The first-order valence-corrected chi connectivity index (χ1v) is 9.38. The summed E-state index contributed by atoms with van der Waals surface area (Å²) in [6.07, 6.45) is 0. The minimum atomic E-state index is 0.133. The number of thiazole rings is 1. The molecule has 1 aliphatic rings. The molecule has 0 unspecified atom stereocenters. The zero-order valence-electron chi connectivity index (χ0n) is 12.5. The van der Waals surface area contributed by atoms with E-state index in [1.165, 1.54) is 0 Å². The number of nitrogens with zero attached hydrogens (tertiary/aromatic N) is 2. The minimum Gasteiger partial charge on any atom is -0.379 e. The molecule has 0 spiro atoms. The van der Waals surface area contributed by atoms with Crippen LogP contribution in [0.1, 0.15) is 21.1 Å². The normalized spacial score (nSPS) is 14.9. The fourth-order valence-electron chi connectivity index (χ4n) is 2.39. The molecule has 0 bridgehead atoms. The summed E-state index contributed by atoms with van der Waals surface area (Å²) in [5.41, 5.74) is 2.75. The zero-order valence-corrected chi connectivity index (χ0v) is 14.2. The molecule has 2 aromatic rings. The van der Waals surface area contributed by atoms with Crippen molar-refractivity contribution in [2.24, 2.45) is 0 Å². The van der Waals surface area contributed by atoms with Crippen molar-refractivity contribution in [3.63, 3.8) is 0 Å². The van der Waals surface area contributed by atoms with Crippen LogP contribution < -0.4 is 5.32 Å². The van der Waals surface area contributed by atoms with Gasteiger partial charge in [-0.25, -0.2) is 4.98 Å². The summed E-state index contributed by atoms with van der Waals surface area (Å²) in [6, 6.07) is 7.74.